The fourth-order valence-corrected chi connectivity index (χ4v) is 2.98. The number of benzene rings is 2. The summed E-state index contributed by atoms with van der Waals surface area (Å²) in [6.45, 7) is 2.06. The summed E-state index contributed by atoms with van der Waals surface area (Å²) in [5.41, 5.74) is 3.80. The van der Waals surface area contributed by atoms with Crippen molar-refractivity contribution in [2.24, 2.45) is 7.05 Å². The minimum absolute atomic E-state index is 0.0807. The molecule has 0 aliphatic rings. The van der Waals surface area contributed by atoms with Crippen LogP contribution in [0, 0.1) is 6.92 Å². The van der Waals surface area contributed by atoms with Crippen LogP contribution in [-0.2, 0) is 7.05 Å². The summed E-state index contributed by atoms with van der Waals surface area (Å²) in [5, 5.41) is 1.02. The molecule has 0 N–H and O–H groups in total. The van der Waals surface area contributed by atoms with E-state index in [1.807, 2.05) is 54.4 Å². The molecule has 21 heavy (non-hydrogen) atoms. The topological polar surface area (TPSA) is 22.0 Å². The Labute approximate surface area is 128 Å². The monoisotopic (exact) mass is 295 g/mol. The van der Waals surface area contributed by atoms with Crippen molar-refractivity contribution in [3.8, 4) is 0 Å². The highest BCUT2D eigenvalue weighted by atomic mass is 32.2. The number of fused-ring (bicyclic) bond motifs is 1. The standard InChI is InChI=1S/C18H17NOS/c1-12-4-9-15-16(11-19(2)17(15)10-12)18(20)13-5-7-14(21-3)8-6-13/h4-11H,1-3H3. The van der Waals surface area contributed by atoms with Gasteiger partial charge in [-0.3, -0.25) is 4.79 Å². The number of ketones is 1. The maximum atomic E-state index is 12.7. The van der Waals surface area contributed by atoms with E-state index in [0.29, 0.717) is 0 Å². The summed E-state index contributed by atoms with van der Waals surface area (Å²) in [4.78, 5) is 13.9. The molecule has 0 amide bonds. The Bertz CT molecular complexity index is 815. The van der Waals surface area contributed by atoms with Crippen molar-refractivity contribution < 1.29 is 4.79 Å². The van der Waals surface area contributed by atoms with Crippen LogP contribution in [0.25, 0.3) is 10.9 Å². The molecular weight excluding hydrogens is 278 g/mol. The van der Waals surface area contributed by atoms with Gasteiger partial charge in [-0.2, -0.15) is 0 Å². The Morgan fingerprint density at radius 1 is 1.10 bits per heavy atom. The molecule has 0 saturated heterocycles. The summed E-state index contributed by atoms with van der Waals surface area (Å²) < 4.78 is 2.02. The van der Waals surface area contributed by atoms with Gasteiger partial charge in [-0.25, -0.2) is 0 Å². The van der Waals surface area contributed by atoms with Crippen LogP contribution in [0.1, 0.15) is 21.5 Å². The zero-order chi connectivity index (χ0) is 15.0. The van der Waals surface area contributed by atoms with Gasteiger partial charge in [0.25, 0.3) is 0 Å². The zero-order valence-electron chi connectivity index (χ0n) is 12.4. The third-order valence-corrected chi connectivity index (χ3v) is 4.49. The van der Waals surface area contributed by atoms with E-state index in [1.54, 1.807) is 11.8 Å². The van der Waals surface area contributed by atoms with E-state index in [-0.39, 0.29) is 5.78 Å². The number of aryl methyl sites for hydroxylation is 2. The van der Waals surface area contributed by atoms with Gasteiger partial charge in [-0.15, -0.1) is 11.8 Å². The molecule has 0 unspecified atom stereocenters. The third-order valence-electron chi connectivity index (χ3n) is 3.74. The number of rotatable bonds is 3. The largest absolute Gasteiger partial charge is 0.350 e. The molecule has 1 heterocycles. The highest BCUT2D eigenvalue weighted by molar-refractivity contribution is 7.98. The molecule has 0 aliphatic carbocycles. The van der Waals surface area contributed by atoms with Gasteiger partial charge >= 0.3 is 0 Å². The number of carbonyl (C=O) groups excluding carboxylic acids is 1. The maximum absolute atomic E-state index is 12.7. The van der Waals surface area contributed by atoms with Crippen molar-refractivity contribution in [2.45, 2.75) is 11.8 Å². The number of carbonyl (C=O) groups is 1. The summed E-state index contributed by atoms with van der Waals surface area (Å²) in [5.74, 6) is 0.0807. The Hall–Kier alpha value is -2.00. The molecule has 0 aliphatic heterocycles. The molecular formula is C18H17NOS. The number of thioether (sulfide) groups is 1. The minimum atomic E-state index is 0.0807. The lowest BCUT2D eigenvalue weighted by atomic mass is 10.0. The number of aromatic nitrogens is 1. The Balaban J connectivity index is 2.08. The molecule has 3 rings (SSSR count). The van der Waals surface area contributed by atoms with Crippen molar-refractivity contribution >= 4 is 28.4 Å². The lowest BCUT2D eigenvalue weighted by Gasteiger charge is -2.02. The molecule has 0 saturated carbocycles. The first kappa shape index (κ1) is 14.0. The van der Waals surface area contributed by atoms with Crippen LogP contribution in [0.15, 0.2) is 53.6 Å². The van der Waals surface area contributed by atoms with Crippen molar-refractivity contribution in [3.63, 3.8) is 0 Å². The van der Waals surface area contributed by atoms with Gasteiger partial charge in [-0.05, 0) is 49.1 Å². The van der Waals surface area contributed by atoms with E-state index in [1.165, 1.54) is 10.5 Å². The van der Waals surface area contributed by atoms with E-state index >= 15 is 0 Å². The van der Waals surface area contributed by atoms with E-state index in [9.17, 15) is 4.79 Å². The third kappa shape index (κ3) is 2.49. The summed E-state index contributed by atoms with van der Waals surface area (Å²) in [6, 6.07) is 14.0. The van der Waals surface area contributed by atoms with Gasteiger partial charge in [-0.1, -0.05) is 12.1 Å². The smallest absolute Gasteiger partial charge is 0.195 e. The quantitative estimate of drug-likeness (QED) is 0.526. The molecule has 3 heteroatoms. The Kier molecular flexibility index (Phi) is 3.60. The molecule has 106 valence electrons. The first-order valence-corrected chi connectivity index (χ1v) is 8.07. The molecule has 0 bridgehead atoms. The zero-order valence-corrected chi connectivity index (χ0v) is 13.2. The second-order valence-electron chi connectivity index (χ2n) is 5.23. The lowest BCUT2D eigenvalue weighted by Crippen LogP contribution is -2.00. The van der Waals surface area contributed by atoms with Crippen LogP contribution in [0.3, 0.4) is 0 Å². The average Bonchev–Trinajstić information content (AvgIpc) is 2.83. The van der Waals surface area contributed by atoms with E-state index in [2.05, 4.69) is 19.1 Å². The fraction of sp³-hybridized carbons (Fsp3) is 0.167. The molecule has 2 nitrogen and oxygen atoms in total. The van der Waals surface area contributed by atoms with Gasteiger partial charge in [0.15, 0.2) is 5.78 Å². The average molecular weight is 295 g/mol. The number of hydrogen-bond acceptors (Lipinski definition) is 2. The van der Waals surface area contributed by atoms with E-state index in [0.717, 1.165) is 22.0 Å². The first-order valence-electron chi connectivity index (χ1n) is 6.84. The molecule has 1 aromatic heterocycles. The summed E-state index contributed by atoms with van der Waals surface area (Å²) in [7, 11) is 1.98. The summed E-state index contributed by atoms with van der Waals surface area (Å²) >= 11 is 1.68. The van der Waals surface area contributed by atoms with Crippen molar-refractivity contribution in [2.75, 3.05) is 6.26 Å². The Morgan fingerprint density at radius 2 is 1.81 bits per heavy atom. The summed E-state index contributed by atoms with van der Waals surface area (Å²) in [6.07, 6.45) is 3.96. The number of hydrogen-bond donors (Lipinski definition) is 0. The molecule has 0 radical (unpaired) electrons. The second-order valence-corrected chi connectivity index (χ2v) is 6.11. The van der Waals surface area contributed by atoms with Crippen LogP contribution < -0.4 is 0 Å². The van der Waals surface area contributed by atoms with Gasteiger partial charge in [0.05, 0.1) is 0 Å². The normalized spacial score (nSPS) is 11.0. The van der Waals surface area contributed by atoms with Crippen LogP contribution in [0.5, 0.6) is 0 Å². The van der Waals surface area contributed by atoms with Crippen LogP contribution in [-0.4, -0.2) is 16.6 Å². The van der Waals surface area contributed by atoms with Crippen LogP contribution in [0.2, 0.25) is 0 Å². The molecule has 0 spiro atoms. The van der Waals surface area contributed by atoms with Gasteiger partial charge in [0.2, 0.25) is 0 Å². The SMILES string of the molecule is CSc1ccc(C(=O)c2cn(C)c3cc(C)ccc23)cc1. The van der Waals surface area contributed by atoms with Crippen molar-refractivity contribution in [1.29, 1.82) is 0 Å². The van der Waals surface area contributed by atoms with Crippen molar-refractivity contribution in [1.82, 2.24) is 4.57 Å². The lowest BCUT2D eigenvalue weighted by molar-refractivity contribution is 0.104. The van der Waals surface area contributed by atoms with Gasteiger partial charge in [0.1, 0.15) is 0 Å². The highest BCUT2D eigenvalue weighted by Crippen LogP contribution is 2.25. The minimum Gasteiger partial charge on any atom is -0.350 e. The van der Waals surface area contributed by atoms with Crippen molar-refractivity contribution in [3.05, 3.63) is 65.4 Å². The fourth-order valence-electron chi connectivity index (χ4n) is 2.57. The number of nitrogens with zero attached hydrogens (tertiary/aromatic N) is 1. The molecule has 0 fully saturated rings. The highest BCUT2D eigenvalue weighted by Gasteiger charge is 2.15. The van der Waals surface area contributed by atoms with Crippen LogP contribution >= 0.6 is 11.8 Å². The van der Waals surface area contributed by atoms with Gasteiger partial charge < -0.3 is 4.57 Å². The second kappa shape index (κ2) is 5.41. The van der Waals surface area contributed by atoms with E-state index < -0.39 is 0 Å². The predicted octanol–water partition coefficient (Wildman–Crippen LogP) is 4.44. The van der Waals surface area contributed by atoms with Crippen LogP contribution in [0.4, 0.5) is 0 Å². The maximum Gasteiger partial charge on any atom is 0.195 e. The first-order chi connectivity index (χ1) is 10.1. The van der Waals surface area contributed by atoms with Gasteiger partial charge in [0, 0.05) is 40.2 Å². The predicted molar refractivity (Wildman–Crippen MR) is 89.3 cm³/mol. The molecule has 2 aromatic carbocycles. The molecule has 3 aromatic rings. The Morgan fingerprint density at radius 3 is 2.48 bits per heavy atom. The van der Waals surface area contributed by atoms with E-state index in [4.69, 9.17) is 0 Å². The molecule has 0 atom stereocenters.